The lowest BCUT2D eigenvalue weighted by atomic mass is 9.78. The number of halogens is 2. The van der Waals surface area contributed by atoms with Gasteiger partial charge in [0.2, 0.25) is 5.91 Å². The number of H-pyrrole nitrogens is 1. The van der Waals surface area contributed by atoms with Gasteiger partial charge in [-0.15, -0.1) is 0 Å². The maximum atomic E-state index is 13.8. The molecule has 3 amide bonds. The summed E-state index contributed by atoms with van der Waals surface area (Å²) in [5, 5.41) is 13.7. The molecule has 1 saturated heterocycles. The highest BCUT2D eigenvalue weighted by Crippen LogP contribution is 2.37. The summed E-state index contributed by atoms with van der Waals surface area (Å²) in [7, 11) is 0. The van der Waals surface area contributed by atoms with Gasteiger partial charge in [-0.05, 0) is 48.9 Å². The van der Waals surface area contributed by atoms with E-state index in [1.807, 2.05) is 55.5 Å². The number of benzene rings is 3. The summed E-state index contributed by atoms with van der Waals surface area (Å²) in [6.07, 6.45) is -0.425. The quantitative estimate of drug-likeness (QED) is 0.227. The summed E-state index contributed by atoms with van der Waals surface area (Å²) in [5.74, 6) is -0.807. The summed E-state index contributed by atoms with van der Waals surface area (Å²) >= 11 is 12.5. The maximum absolute atomic E-state index is 13.8. The number of para-hydroxylation sites is 2. The fourth-order valence-corrected chi connectivity index (χ4v) is 5.75. The molecule has 3 aromatic carbocycles. The third-order valence-corrected chi connectivity index (χ3v) is 7.78. The van der Waals surface area contributed by atoms with Crippen LogP contribution in [0, 0.1) is 12.3 Å². The van der Waals surface area contributed by atoms with Crippen LogP contribution < -0.4 is 10.2 Å². The van der Waals surface area contributed by atoms with Crippen molar-refractivity contribution in [2.45, 2.75) is 32.9 Å². The lowest BCUT2D eigenvalue weighted by molar-refractivity contribution is -0.140. The number of imidazole rings is 1. The number of carbonyl (C=O) groups excluding carboxylic acids is 2. The third kappa shape index (κ3) is 6.64. The SMILES string of the molecule is Cc1ccc(N2CC(CC(=O)O)(CC(=O)NCc3nc4ccccc4[nH]3)CN(Cc3ccc(Cl)cc3Cl)C2=O)cc1. The van der Waals surface area contributed by atoms with Crippen molar-refractivity contribution in [2.24, 2.45) is 5.41 Å². The molecule has 4 aromatic rings. The number of hydrogen-bond donors (Lipinski definition) is 3. The van der Waals surface area contributed by atoms with Crippen molar-refractivity contribution in [3.63, 3.8) is 0 Å². The minimum Gasteiger partial charge on any atom is -0.481 e. The van der Waals surface area contributed by atoms with Gasteiger partial charge in [0.05, 0.1) is 24.0 Å². The fraction of sp³-hybridized carbons (Fsp3) is 0.267. The number of aromatic nitrogens is 2. The number of aryl methyl sites for hydroxylation is 1. The van der Waals surface area contributed by atoms with E-state index >= 15 is 0 Å². The first-order chi connectivity index (χ1) is 19.6. The van der Waals surface area contributed by atoms with Crippen LogP contribution in [-0.4, -0.2) is 51.0 Å². The molecular weight excluding hydrogens is 565 g/mol. The number of fused-ring (bicyclic) bond motifs is 1. The summed E-state index contributed by atoms with van der Waals surface area (Å²) in [6, 6.07) is 19.7. The van der Waals surface area contributed by atoms with Crippen LogP contribution in [0.15, 0.2) is 66.7 Å². The van der Waals surface area contributed by atoms with Crippen LogP contribution in [0.3, 0.4) is 0 Å². The second-order valence-corrected chi connectivity index (χ2v) is 11.4. The molecule has 0 saturated carbocycles. The normalized spacial score (nSPS) is 17.2. The Balaban J connectivity index is 1.42. The number of rotatable bonds is 9. The van der Waals surface area contributed by atoms with Gasteiger partial charge in [0.1, 0.15) is 5.82 Å². The smallest absolute Gasteiger partial charge is 0.324 e. The van der Waals surface area contributed by atoms with Crippen molar-refractivity contribution < 1.29 is 19.5 Å². The second-order valence-electron chi connectivity index (χ2n) is 10.5. The topological polar surface area (TPSA) is 119 Å². The number of nitrogens with one attached hydrogen (secondary N) is 2. The highest BCUT2D eigenvalue weighted by Gasteiger charge is 2.46. The van der Waals surface area contributed by atoms with E-state index in [4.69, 9.17) is 23.2 Å². The molecule has 3 N–H and O–H groups in total. The summed E-state index contributed by atoms with van der Waals surface area (Å²) in [5.41, 5.74) is 2.86. The Labute approximate surface area is 247 Å². The minimum atomic E-state index is -1.08. The molecule has 1 atom stereocenters. The number of carbonyl (C=O) groups is 3. The Morgan fingerprint density at radius 1 is 1.05 bits per heavy atom. The summed E-state index contributed by atoms with van der Waals surface area (Å²) in [4.78, 5) is 50.0. The molecule has 5 rings (SSSR count). The molecule has 0 radical (unpaired) electrons. The van der Waals surface area contributed by atoms with Crippen LogP contribution in [0.5, 0.6) is 0 Å². The lowest BCUT2D eigenvalue weighted by Crippen LogP contribution is -2.60. The van der Waals surface area contributed by atoms with E-state index in [1.165, 1.54) is 0 Å². The Hall–Kier alpha value is -4.08. The number of hydrogen-bond acceptors (Lipinski definition) is 4. The molecule has 212 valence electrons. The zero-order chi connectivity index (χ0) is 29.1. The highest BCUT2D eigenvalue weighted by molar-refractivity contribution is 6.35. The molecule has 0 bridgehead atoms. The summed E-state index contributed by atoms with van der Waals surface area (Å²) < 4.78 is 0. The van der Waals surface area contributed by atoms with Crippen molar-refractivity contribution in [2.75, 3.05) is 18.0 Å². The van der Waals surface area contributed by atoms with Crippen LogP contribution in [0.4, 0.5) is 10.5 Å². The molecule has 1 aromatic heterocycles. The van der Waals surface area contributed by atoms with Crippen LogP contribution in [0.1, 0.15) is 29.8 Å². The van der Waals surface area contributed by atoms with E-state index in [0.717, 1.165) is 16.6 Å². The Morgan fingerprint density at radius 3 is 2.51 bits per heavy atom. The number of carboxylic acid groups (broad SMARTS) is 1. The molecule has 0 spiro atoms. The molecule has 41 heavy (non-hydrogen) atoms. The standard InChI is InChI=1S/C30H29Cl2N5O4/c1-19-6-10-22(11-7-19)37-18-30(14-28(39)40,17-36(29(37)41)16-20-8-9-21(31)12-23(20)32)13-27(38)33-15-26-34-24-4-2-3-5-25(24)35-26/h2-12H,13-18H2,1H3,(H,33,38)(H,34,35)(H,39,40). The molecule has 0 aliphatic carbocycles. The average Bonchev–Trinajstić information content (AvgIpc) is 3.34. The zero-order valence-corrected chi connectivity index (χ0v) is 23.9. The van der Waals surface area contributed by atoms with Gasteiger partial charge in [-0.25, -0.2) is 9.78 Å². The molecule has 9 nitrogen and oxygen atoms in total. The summed E-state index contributed by atoms with van der Waals surface area (Å²) in [6.45, 7) is 2.33. The van der Waals surface area contributed by atoms with Crippen LogP contribution >= 0.6 is 23.2 Å². The molecule has 2 heterocycles. The van der Waals surface area contributed by atoms with E-state index in [0.29, 0.717) is 27.1 Å². The van der Waals surface area contributed by atoms with E-state index in [1.54, 1.807) is 28.0 Å². The predicted octanol–water partition coefficient (Wildman–Crippen LogP) is 5.79. The van der Waals surface area contributed by atoms with E-state index in [-0.39, 0.29) is 51.0 Å². The first-order valence-corrected chi connectivity index (χ1v) is 13.9. The number of carboxylic acids is 1. The van der Waals surface area contributed by atoms with E-state index in [9.17, 15) is 19.5 Å². The monoisotopic (exact) mass is 593 g/mol. The Kier molecular flexibility index (Phi) is 8.19. The lowest BCUT2D eigenvalue weighted by Gasteiger charge is -2.47. The third-order valence-electron chi connectivity index (χ3n) is 7.20. The first kappa shape index (κ1) is 28.4. The van der Waals surface area contributed by atoms with Crippen LogP contribution in [0.25, 0.3) is 11.0 Å². The van der Waals surface area contributed by atoms with Gasteiger partial charge in [0.15, 0.2) is 0 Å². The molecule has 11 heteroatoms. The number of nitrogens with zero attached hydrogens (tertiary/aromatic N) is 3. The number of aliphatic carboxylic acids is 1. The number of aromatic amines is 1. The molecular formula is C30H29Cl2N5O4. The Morgan fingerprint density at radius 2 is 1.80 bits per heavy atom. The highest BCUT2D eigenvalue weighted by atomic mass is 35.5. The predicted molar refractivity (Wildman–Crippen MR) is 158 cm³/mol. The van der Waals surface area contributed by atoms with Crippen molar-refractivity contribution in [1.29, 1.82) is 0 Å². The first-order valence-electron chi connectivity index (χ1n) is 13.1. The van der Waals surface area contributed by atoms with E-state index in [2.05, 4.69) is 15.3 Å². The van der Waals surface area contributed by atoms with Gasteiger partial charge in [-0.1, -0.05) is 59.1 Å². The van der Waals surface area contributed by atoms with Crippen molar-refractivity contribution in [3.8, 4) is 0 Å². The average molecular weight is 594 g/mol. The molecule has 1 unspecified atom stereocenters. The molecule has 1 aliphatic heterocycles. The fourth-order valence-electron chi connectivity index (χ4n) is 5.28. The van der Waals surface area contributed by atoms with E-state index < -0.39 is 11.4 Å². The molecule has 1 fully saturated rings. The number of anilines is 1. The van der Waals surface area contributed by atoms with Crippen molar-refractivity contribution in [3.05, 3.63) is 93.7 Å². The van der Waals surface area contributed by atoms with Gasteiger partial charge in [0, 0.05) is 47.2 Å². The second kappa shape index (κ2) is 11.8. The minimum absolute atomic E-state index is 0.0531. The van der Waals surface area contributed by atoms with Gasteiger partial charge in [0.25, 0.3) is 0 Å². The van der Waals surface area contributed by atoms with Crippen LogP contribution in [0.2, 0.25) is 10.0 Å². The van der Waals surface area contributed by atoms with Gasteiger partial charge in [-0.3, -0.25) is 14.5 Å². The Bertz CT molecular complexity index is 1570. The number of amides is 3. The van der Waals surface area contributed by atoms with Crippen LogP contribution in [-0.2, 0) is 22.7 Å². The van der Waals surface area contributed by atoms with Crippen molar-refractivity contribution in [1.82, 2.24) is 20.2 Å². The zero-order valence-electron chi connectivity index (χ0n) is 22.4. The molecule has 1 aliphatic rings. The van der Waals surface area contributed by atoms with Gasteiger partial charge < -0.3 is 20.3 Å². The van der Waals surface area contributed by atoms with Gasteiger partial charge >= 0.3 is 12.0 Å². The van der Waals surface area contributed by atoms with Crippen molar-refractivity contribution >= 4 is 57.8 Å². The largest absolute Gasteiger partial charge is 0.481 e. The maximum Gasteiger partial charge on any atom is 0.324 e. The van der Waals surface area contributed by atoms with Gasteiger partial charge in [-0.2, -0.15) is 0 Å². The number of urea groups is 1.